The van der Waals surface area contributed by atoms with E-state index in [9.17, 15) is 9.59 Å². The molecular weight excluding hydrogens is 296 g/mol. The van der Waals surface area contributed by atoms with Gasteiger partial charge in [0, 0.05) is 19.2 Å². The first-order valence-electron chi connectivity index (χ1n) is 7.75. The summed E-state index contributed by atoms with van der Waals surface area (Å²) in [6.07, 6.45) is 4.28. The van der Waals surface area contributed by atoms with Crippen LogP contribution < -0.4 is 5.32 Å². The number of rotatable bonds is 5. The van der Waals surface area contributed by atoms with Gasteiger partial charge in [0.25, 0.3) is 0 Å². The number of nitrogens with zero attached hydrogens (tertiary/aromatic N) is 3. The first kappa shape index (κ1) is 15.3. The molecule has 0 aromatic carbocycles. The molecule has 0 unspecified atom stereocenters. The molecular formula is C16H20N4O3. The number of hydrogen-bond acceptors (Lipinski definition) is 4. The van der Waals surface area contributed by atoms with Crippen molar-refractivity contribution in [2.24, 2.45) is 0 Å². The van der Waals surface area contributed by atoms with Gasteiger partial charge in [-0.15, -0.1) is 0 Å². The number of carbonyl (C=O) groups is 2. The molecule has 1 saturated heterocycles. The third-order valence-corrected chi connectivity index (χ3v) is 3.98. The molecule has 7 nitrogen and oxygen atoms in total. The van der Waals surface area contributed by atoms with Crippen LogP contribution in [0.15, 0.2) is 28.9 Å². The zero-order valence-electron chi connectivity index (χ0n) is 13.3. The van der Waals surface area contributed by atoms with Gasteiger partial charge in [0.15, 0.2) is 0 Å². The van der Waals surface area contributed by atoms with Crippen LogP contribution in [0.2, 0.25) is 0 Å². The van der Waals surface area contributed by atoms with E-state index in [1.165, 1.54) is 0 Å². The number of aromatic nitrogens is 2. The second-order valence-electron chi connectivity index (χ2n) is 5.66. The summed E-state index contributed by atoms with van der Waals surface area (Å²) in [7, 11) is 0. The largest absolute Gasteiger partial charge is 0.464 e. The van der Waals surface area contributed by atoms with Gasteiger partial charge in [-0.3, -0.25) is 14.3 Å². The molecule has 1 fully saturated rings. The Bertz CT molecular complexity index is 718. The van der Waals surface area contributed by atoms with Gasteiger partial charge in [0.1, 0.15) is 17.6 Å². The van der Waals surface area contributed by atoms with Crippen LogP contribution in [0.25, 0.3) is 0 Å². The molecule has 2 amide bonds. The molecule has 0 saturated carbocycles. The van der Waals surface area contributed by atoms with Crippen molar-refractivity contribution in [1.82, 2.24) is 14.7 Å². The van der Waals surface area contributed by atoms with Crippen LogP contribution >= 0.6 is 0 Å². The highest BCUT2D eigenvalue weighted by Crippen LogP contribution is 2.23. The van der Waals surface area contributed by atoms with Gasteiger partial charge < -0.3 is 14.6 Å². The Labute approximate surface area is 134 Å². The van der Waals surface area contributed by atoms with Gasteiger partial charge >= 0.3 is 0 Å². The quantitative estimate of drug-likeness (QED) is 0.914. The second kappa shape index (κ2) is 6.28. The zero-order valence-corrected chi connectivity index (χ0v) is 13.3. The number of amides is 2. The Hall–Kier alpha value is -2.57. The van der Waals surface area contributed by atoms with Crippen molar-refractivity contribution in [3.05, 3.63) is 36.0 Å². The van der Waals surface area contributed by atoms with Gasteiger partial charge in [-0.2, -0.15) is 5.10 Å². The molecule has 23 heavy (non-hydrogen) atoms. The van der Waals surface area contributed by atoms with E-state index in [0.29, 0.717) is 30.8 Å². The summed E-state index contributed by atoms with van der Waals surface area (Å²) >= 11 is 0. The first-order chi connectivity index (χ1) is 11.1. The summed E-state index contributed by atoms with van der Waals surface area (Å²) in [5.74, 6) is 1.27. The minimum absolute atomic E-state index is 0.0246. The highest BCUT2D eigenvalue weighted by Gasteiger charge is 2.36. The molecule has 1 N–H and O–H groups in total. The lowest BCUT2D eigenvalue weighted by Crippen LogP contribution is -2.41. The van der Waals surface area contributed by atoms with E-state index in [0.717, 1.165) is 12.3 Å². The summed E-state index contributed by atoms with van der Waals surface area (Å²) in [6, 6.07) is 3.21. The molecule has 2 aromatic heterocycles. The molecule has 1 aliphatic rings. The van der Waals surface area contributed by atoms with Crippen LogP contribution in [-0.4, -0.2) is 32.5 Å². The Morgan fingerprint density at radius 1 is 1.48 bits per heavy atom. The summed E-state index contributed by atoms with van der Waals surface area (Å²) in [5, 5.41) is 6.96. The summed E-state index contributed by atoms with van der Waals surface area (Å²) in [6.45, 7) is 4.88. The molecule has 0 radical (unpaired) electrons. The molecule has 1 aliphatic heterocycles. The minimum Gasteiger partial charge on any atom is -0.464 e. The lowest BCUT2D eigenvalue weighted by Gasteiger charge is -2.22. The predicted molar refractivity (Wildman–Crippen MR) is 83.5 cm³/mol. The van der Waals surface area contributed by atoms with Crippen molar-refractivity contribution in [3.8, 4) is 0 Å². The maximum atomic E-state index is 12.5. The van der Waals surface area contributed by atoms with Crippen LogP contribution in [0.1, 0.15) is 31.3 Å². The van der Waals surface area contributed by atoms with Crippen LogP contribution in [0.3, 0.4) is 0 Å². The fraction of sp³-hybridized carbons (Fsp3) is 0.438. The molecule has 122 valence electrons. The number of carbonyl (C=O) groups excluding carboxylic acids is 2. The molecule has 2 aromatic rings. The Morgan fingerprint density at radius 3 is 2.96 bits per heavy atom. The van der Waals surface area contributed by atoms with Crippen LogP contribution in [0, 0.1) is 6.92 Å². The Balaban J connectivity index is 1.69. The monoisotopic (exact) mass is 316 g/mol. The maximum Gasteiger partial charge on any atom is 0.247 e. The number of hydrogen-bond donors (Lipinski definition) is 1. The average Bonchev–Trinajstić information content (AvgIpc) is 3.22. The highest BCUT2D eigenvalue weighted by atomic mass is 16.3. The van der Waals surface area contributed by atoms with Crippen LogP contribution in [0.4, 0.5) is 5.69 Å². The molecule has 1 atom stereocenters. The third-order valence-electron chi connectivity index (χ3n) is 3.98. The van der Waals surface area contributed by atoms with E-state index in [2.05, 4.69) is 10.4 Å². The highest BCUT2D eigenvalue weighted by molar-refractivity contribution is 5.98. The Kier molecular flexibility index (Phi) is 4.18. The number of likely N-dealkylation sites (tertiary alicyclic amines) is 1. The SMILES string of the molecule is CCn1cc(NC(=O)[C@@H]2CCC(=O)N2Cc2ccc(C)o2)cn1. The van der Waals surface area contributed by atoms with Crippen LogP contribution in [0.5, 0.6) is 0 Å². The lowest BCUT2D eigenvalue weighted by atomic mass is 10.2. The molecule has 0 bridgehead atoms. The lowest BCUT2D eigenvalue weighted by molar-refractivity contribution is -0.134. The normalized spacial score (nSPS) is 17.7. The summed E-state index contributed by atoms with van der Waals surface area (Å²) in [4.78, 5) is 26.2. The van der Waals surface area contributed by atoms with E-state index in [1.807, 2.05) is 26.0 Å². The number of aryl methyl sites for hydroxylation is 2. The van der Waals surface area contributed by atoms with Crippen molar-refractivity contribution >= 4 is 17.5 Å². The topological polar surface area (TPSA) is 80.4 Å². The first-order valence-corrected chi connectivity index (χ1v) is 7.75. The summed E-state index contributed by atoms with van der Waals surface area (Å²) < 4.78 is 7.25. The van der Waals surface area contributed by atoms with E-state index >= 15 is 0 Å². The van der Waals surface area contributed by atoms with Crippen molar-refractivity contribution in [2.75, 3.05) is 5.32 Å². The Morgan fingerprint density at radius 2 is 2.30 bits per heavy atom. The van der Waals surface area contributed by atoms with Crippen LogP contribution in [-0.2, 0) is 22.7 Å². The van der Waals surface area contributed by atoms with Gasteiger partial charge in [0.05, 0.1) is 18.4 Å². The van der Waals surface area contributed by atoms with Gasteiger partial charge in [-0.1, -0.05) is 0 Å². The number of furan rings is 1. The van der Waals surface area contributed by atoms with E-state index in [-0.39, 0.29) is 11.8 Å². The van der Waals surface area contributed by atoms with E-state index < -0.39 is 6.04 Å². The van der Waals surface area contributed by atoms with E-state index in [4.69, 9.17) is 4.42 Å². The minimum atomic E-state index is -0.474. The van der Waals surface area contributed by atoms with Crippen molar-refractivity contribution in [2.45, 2.75) is 45.8 Å². The van der Waals surface area contributed by atoms with Gasteiger partial charge in [0.2, 0.25) is 11.8 Å². The molecule has 3 heterocycles. The standard InChI is InChI=1S/C16H20N4O3/c1-3-19-9-12(8-17-19)18-16(22)14-6-7-15(21)20(14)10-13-5-4-11(2)23-13/h4-5,8-9,14H,3,6-7,10H2,1-2H3,(H,18,22)/t14-/m0/s1. The van der Waals surface area contributed by atoms with Crippen molar-refractivity contribution in [1.29, 1.82) is 0 Å². The molecule has 0 spiro atoms. The predicted octanol–water partition coefficient (Wildman–Crippen LogP) is 1.93. The molecule has 3 rings (SSSR count). The summed E-state index contributed by atoms with van der Waals surface area (Å²) in [5.41, 5.74) is 0.644. The van der Waals surface area contributed by atoms with E-state index in [1.54, 1.807) is 22.0 Å². The number of nitrogens with one attached hydrogen (secondary N) is 1. The van der Waals surface area contributed by atoms with Gasteiger partial charge in [-0.25, -0.2) is 0 Å². The average molecular weight is 316 g/mol. The zero-order chi connectivity index (χ0) is 16.4. The van der Waals surface area contributed by atoms with Crippen molar-refractivity contribution in [3.63, 3.8) is 0 Å². The van der Waals surface area contributed by atoms with Crippen molar-refractivity contribution < 1.29 is 14.0 Å². The molecule has 7 heteroatoms. The maximum absolute atomic E-state index is 12.5. The second-order valence-corrected chi connectivity index (χ2v) is 5.66. The number of anilines is 1. The smallest absolute Gasteiger partial charge is 0.247 e. The fourth-order valence-corrected chi connectivity index (χ4v) is 2.77. The fourth-order valence-electron chi connectivity index (χ4n) is 2.77. The van der Waals surface area contributed by atoms with Gasteiger partial charge in [-0.05, 0) is 32.4 Å². The molecule has 0 aliphatic carbocycles. The third kappa shape index (κ3) is 3.28.